The zero-order chi connectivity index (χ0) is 19.2. The van der Waals surface area contributed by atoms with Gasteiger partial charge in [0.2, 0.25) is 0 Å². The predicted molar refractivity (Wildman–Crippen MR) is 111 cm³/mol. The van der Waals surface area contributed by atoms with E-state index < -0.39 is 0 Å². The number of rotatable bonds is 7. The number of unbranched alkanes of at least 4 members (excludes halogenated alkanes) is 2. The molecule has 2 heterocycles. The van der Waals surface area contributed by atoms with Crippen LogP contribution in [0.25, 0.3) is 0 Å². The Bertz CT molecular complexity index is 645. The summed E-state index contributed by atoms with van der Waals surface area (Å²) in [6, 6.07) is 8.55. The van der Waals surface area contributed by atoms with Crippen molar-refractivity contribution >= 4 is 11.6 Å². The molecule has 0 N–H and O–H groups in total. The van der Waals surface area contributed by atoms with Gasteiger partial charge in [0.15, 0.2) is 5.76 Å². The lowest BCUT2D eigenvalue weighted by Crippen LogP contribution is -2.48. The largest absolute Gasteiger partial charge is 0.488 e. The Labute approximate surface area is 164 Å². The molecule has 27 heavy (non-hydrogen) atoms. The van der Waals surface area contributed by atoms with Crippen LogP contribution in [0.1, 0.15) is 51.5 Å². The van der Waals surface area contributed by atoms with Crippen LogP contribution in [-0.2, 0) is 9.53 Å². The zero-order valence-electron chi connectivity index (χ0n) is 17.1. The second kappa shape index (κ2) is 9.41. The number of nitrogens with zero attached hydrogens (tertiary/aromatic N) is 2. The number of hydrogen-bond donors (Lipinski definition) is 0. The summed E-state index contributed by atoms with van der Waals surface area (Å²) in [5, 5.41) is 0. The molecular formula is C23H34N2O2. The van der Waals surface area contributed by atoms with Crippen molar-refractivity contribution in [1.29, 1.82) is 0 Å². The number of piperidine rings is 1. The Balaban J connectivity index is 1.72. The average Bonchev–Trinajstić information content (AvgIpc) is 3.11. The summed E-state index contributed by atoms with van der Waals surface area (Å²) in [5.41, 5.74) is 2.20. The Morgan fingerprint density at radius 3 is 2.48 bits per heavy atom. The van der Waals surface area contributed by atoms with Crippen molar-refractivity contribution in [2.24, 2.45) is 5.92 Å². The summed E-state index contributed by atoms with van der Waals surface area (Å²) in [7, 11) is 0. The van der Waals surface area contributed by atoms with E-state index in [2.05, 4.69) is 49.9 Å². The number of ether oxygens (including phenoxy) is 1. The average molecular weight is 371 g/mol. The fourth-order valence-corrected chi connectivity index (χ4v) is 4.01. The summed E-state index contributed by atoms with van der Waals surface area (Å²) >= 11 is 0. The molecule has 1 amide bonds. The van der Waals surface area contributed by atoms with Gasteiger partial charge in [-0.05, 0) is 50.9 Å². The van der Waals surface area contributed by atoms with Crippen LogP contribution in [0, 0.1) is 12.8 Å². The fraction of sp³-hybridized carbons (Fsp3) is 0.609. The minimum Gasteiger partial charge on any atom is -0.488 e. The molecule has 0 bridgehead atoms. The third kappa shape index (κ3) is 5.13. The second-order valence-electron chi connectivity index (χ2n) is 8.11. The first kappa shape index (κ1) is 19.9. The van der Waals surface area contributed by atoms with Gasteiger partial charge >= 0.3 is 0 Å². The number of anilines is 1. The molecule has 1 fully saturated rings. The van der Waals surface area contributed by atoms with E-state index in [1.807, 2.05) is 11.0 Å². The highest BCUT2D eigenvalue weighted by molar-refractivity contribution is 6.04. The van der Waals surface area contributed by atoms with E-state index in [-0.39, 0.29) is 11.9 Å². The molecule has 2 aliphatic heterocycles. The van der Waals surface area contributed by atoms with E-state index in [9.17, 15) is 4.79 Å². The summed E-state index contributed by atoms with van der Waals surface area (Å²) in [4.78, 5) is 17.8. The van der Waals surface area contributed by atoms with E-state index in [0.29, 0.717) is 18.3 Å². The summed E-state index contributed by atoms with van der Waals surface area (Å²) in [6.45, 7) is 10.3. The normalized spacial score (nSPS) is 21.0. The third-order valence-electron chi connectivity index (χ3n) is 5.68. The van der Waals surface area contributed by atoms with Crippen molar-refractivity contribution in [2.75, 3.05) is 31.1 Å². The number of amides is 1. The van der Waals surface area contributed by atoms with Crippen LogP contribution in [0.15, 0.2) is 36.1 Å². The molecule has 3 rings (SSSR count). The molecule has 0 saturated carbocycles. The molecule has 1 saturated heterocycles. The fourth-order valence-electron chi connectivity index (χ4n) is 4.01. The minimum atomic E-state index is 0.0210. The number of carbonyl (C=O) groups excluding carboxylic acids is 1. The standard InChI is InChI=1S/C23H34N2O2/c1-4-5-6-13-24-14-11-21(12-15-24)25(20-9-7-18(2)8-10-20)23(26)22-16-19(3)17-27-22/h7-10,16,19,21H,4-6,11-15,17H2,1-3H3. The first-order valence-corrected chi connectivity index (χ1v) is 10.6. The van der Waals surface area contributed by atoms with Gasteiger partial charge in [0, 0.05) is 30.7 Å². The molecule has 4 heteroatoms. The van der Waals surface area contributed by atoms with Crippen molar-refractivity contribution in [3.8, 4) is 0 Å². The van der Waals surface area contributed by atoms with Gasteiger partial charge in [0.05, 0.1) is 6.61 Å². The lowest BCUT2D eigenvalue weighted by atomic mass is 10.0. The molecule has 1 aromatic rings. The highest BCUT2D eigenvalue weighted by Crippen LogP contribution is 2.28. The summed E-state index contributed by atoms with van der Waals surface area (Å²) < 4.78 is 5.69. The van der Waals surface area contributed by atoms with Gasteiger partial charge in [-0.2, -0.15) is 0 Å². The van der Waals surface area contributed by atoms with Gasteiger partial charge in [-0.25, -0.2) is 0 Å². The monoisotopic (exact) mass is 370 g/mol. The molecule has 1 unspecified atom stereocenters. The molecule has 0 radical (unpaired) electrons. The molecule has 1 aromatic carbocycles. The van der Waals surface area contributed by atoms with E-state index in [1.165, 1.54) is 31.4 Å². The molecule has 148 valence electrons. The molecule has 0 aromatic heterocycles. The van der Waals surface area contributed by atoms with Crippen molar-refractivity contribution < 1.29 is 9.53 Å². The number of likely N-dealkylation sites (tertiary alicyclic amines) is 1. The Hall–Kier alpha value is -1.81. The molecule has 0 spiro atoms. The maximum Gasteiger partial charge on any atom is 0.293 e. The lowest BCUT2D eigenvalue weighted by Gasteiger charge is -2.38. The minimum absolute atomic E-state index is 0.0210. The van der Waals surface area contributed by atoms with E-state index in [4.69, 9.17) is 4.74 Å². The highest BCUT2D eigenvalue weighted by Gasteiger charge is 2.33. The first-order valence-electron chi connectivity index (χ1n) is 10.6. The van der Waals surface area contributed by atoms with E-state index >= 15 is 0 Å². The number of carbonyl (C=O) groups is 1. The van der Waals surface area contributed by atoms with Crippen molar-refractivity contribution in [1.82, 2.24) is 4.90 Å². The Kier molecular flexibility index (Phi) is 6.95. The molecule has 4 nitrogen and oxygen atoms in total. The van der Waals surface area contributed by atoms with Gasteiger partial charge in [-0.3, -0.25) is 4.79 Å². The number of aryl methyl sites for hydroxylation is 1. The van der Waals surface area contributed by atoms with Crippen LogP contribution in [-0.4, -0.2) is 43.1 Å². The maximum atomic E-state index is 13.3. The molecule has 2 aliphatic rings. The van der Waals surface area contributed by atoms with Crippen molar-refractivity contribution in [3.05, 3.63) is 41.7 Å². The smallest absolute Gasteiger partial charge is 0.293 e. The predicted octanol–water partition coefficient (Wildman–Crippen LogP) is 4.53. The van der Waals surface area contributed by atoms with Gasteiger partial charge < -0.3 is 14.5 Å². The number of hydrogen-bond acceptors (Lipinski definition) is 3. The topological polar surface area (TPSA) is 32.8 Å². The quantitative estimate of drug-likeness (QED) is 0.661. The van der Waals surface area contributed by atoms with Crippen LogP contribution < -0.4 is 4.90 Å². The van der Waals surface area contributed by atoms with Crippen LogP contribution in [0.3, 0.4) is 0 Å². The van der Waals surface area contributed by atoms with Crippen LogP contribution in [0.2, 0.25) is 0 Å². The van der Waals surface area contributed by atoms with Crippen LogP contribution in [0.5, 0.6) is 0 Å². The third-order valence-corrected chi connectivity index (χ3v) is 5.68. The zero-order valence-corrected chi connectivity index (χ0v) is 17.1. The molecular weight excluding hydrogens is 336 g/mol. The highest BCUT2D eigenvalue weighted by atomic mass is 16.5. The Morgan fingerprint density at radius 1 is 1.19 bits per heavy atom. The lowest BCUT2D eigenvalue weighted by molar-refractivity contribution is -0.118. The van der Waals surface area contributed by atoms with Crippen molar-refractivity contribution in [3.63, 3.8) is 0 Å². The van der Waals surface area contributed by atoms with Gasteiger partial charge in [-0.15, -0.1) is 0 Å². The maximum absolute atomic E-state index is 13.3. The second-order valence-corrected chi connectivity index (χ2v) is 8.11. The SMILES string of the molecule is CCCCCN1CCC(N(C(=O)C2=CC(C)CO2)c2ccc(C)cc2)CC1. The summed E-state index contributed by atoms with van der Waals surface area (Å²) in [5.74, 6) is 0.852. The molecule has 1 atom stereocenters. The summed E-state index contributed by atoms with van der Waals surface area (Å²) in [6.07, 6.45) is 7.87. The van der Waals surface area contributed by atoms with E-state index in [1.54, 1.807) is 0 Å². The molecule has 0 aliphatic carbocycles. The first-order chi connectivity index (χ1) is 13.1. The number of benzene rings is 1. The van der Waals surface area contributed by atoms with E-state index in [0.717, 1.165) is 31.6 Å². The Morgan fingerprint density at radius 2 is 1.89 bits per heavy atom. The van der Waals surface area contributed by atoms with Gasteiger partial charge in [0.1, 0.15) is 0 Å². The van der Waals surface area contributed by atoms with Crippen LogP contribution >= 0.6 is 0 Å². The van der Waals surface area contributed by atoms with Crippen molar-refractivity contribution in [2.45, 2.75) is 58.9 Å². The van der Waals surface area contributed by atoms with Gasteiger partial charge in [-0.1, -0.05) is 44.4 Å². The van der Waals surface area contributed by atoms with Crippen LogP contribution in [0.4, 0.5) is 5.69 Å². The van der Waals surface area contributed by atoms with Gasteiger partial charge in [0.25, 0.3) is 5.91 Å².